The van der Waals surface area contributed by atoms with Crippen LogP contribution in [0, 0.1) is 0 Å². The summed E-state index contributed by atoms with van der Waals surface area (Å²) in [6.45, 7) is 12.4. The van der Waals surface area contributed by atoms with Gasteiger partial charge in [0.25, 0.3) is 0 Å². The van der Waals surface area contributed by atoms with E-state index >= 15 is 0 Å². The van der Waals surface area contributed by atoms with Crippen LogP contribution in [0.25, 0.3) is 0 Å². The summed E-state index contributed by atoms with van der Waals surface area (Å²) in [5, 5.41) is 0. The van der Waals surface area contributed by atoms with Gasteiger partial charge in [-0.25, -0.2) is 8.93 Å². The number of carbonyl (C=O) groups is 2. The molecule has 0 spiro atoms. The van der Waals surface area contributed by atoms with Gasteiger partial charge in [-0.1, -0.05) is 163 Å². The van der Waals surface area contributed by atoms with E-state index in [0.29, 0.717) is 19.4 Å². The Bertz CT molecular complexity index is 862. The maximum atomic E-state index is 12.8. The van der Waals surface area contributed by atoms with Gasteiger partial charge in [0.1, 0.15) is 12.2 Å². The number of nitrogens with one attached hydrogen (secondary N) is 1. The molecule has 0 aliphatic rings. The van der Waals surface area contributed by atoms with Gasteiger partial charge in [0.15, 0.2) is 0 Å². The van der Waals surface area contributed by atoms with Crippen LogP contribution in [0.1, 0.15) is 252 Å². The van der Waals surface area contributed by atoms with Gasteiger partial charge in [-0.2, -0.15) is 0 Å². The molecule has 8 nitrogen and oxygen atoms in total. The normalized spacial score (nSPS) is 12.8. The van der Waals surface area contributed by atoms with Gasteiger partial charge in [0.2, 0.25) is 11.3 Å². The summed E-state index contributed by atoms with van der Waals surface area (Å²) in [4.78, 5) is 27.7. The van der Waals surface area contributed by atoms with Crippen LogP contribution in [0.5, 0.6) is 0 Å². The molecule has 0 radical (unpaired) electrons. The molecule has 0 aromatic heterocycles. The van der Waals surface area contributed by atoms with E-state index in [1.54, 1.807) is 0 Å². The first-order chi connectivity index (χ1) is 27.4. The van der Waals surface area contributed by atoms with Crippen LogP contribution in [0.2, 0.25) is 0 Å². The zero-order chi connectivity index (χ0) is 41.2. The number of nitrogens with zero attached hydrogens (tertiary/aromatic N) is 1. The van der Waals surface area contributed by atoms with Gasteiger partial charge in [-0.15, -0.1) is 0 Å². The SMILES string of the molecule is CCCCCCCCC(CC)OC(=O)CCCCCCCN(CCCCCCCC(=O)OC(CCCCCCCC)CCCCCCCC)CCCNS(=O)O. The first-order valence-electron chi connectivity index (χ1n) is 24.3. The van der Waals surface area contributed by atoms with Crippen LogP contribution in [0.3, 0.4) is 0 Å². The molecular weight excluding hydrogens is 721 g/mol. The van der Waals surface area contributed by atoms with Crippen LogP contribution in [0.4, 0.5) is 0 Å². The lowest BCUT2D eigenvalue weighted by Gasteiger charge is -2.22. The Labute approximate surface area is 350 Å². The molecule has 0 fully saturated rings. The number of unbranched alkanes of at least 4 members (excludes halogenated alkanes) is 23. The molecule has 2 N–H and O–H groups in total. The minimum atomic E-state index is -1.96. The van der Waals surface area contributed by atoms with Crippen molar-refractivity contribution in [2.45, 2.75) is 265 Å². The first-order valence-corrected chi connectivity index (χ1v) is 25.4. The molecule has 0 heterocycles. The van der Waals surface area contributed by atoms with Crippen LogP contribution in [-0.2, 0) is 30.3 Å². The summed E-state index contributed by atoms with van der Waals surface area (Å²) in [5.41, 5.74) is 0. The third-order valence-electron chi connectivity index (χ3n) is 11.3. The highest BCUT2D eigenvalue weighted by Crippen LogP contribution is 2.19. The molecule has 2 unspecified atom stereocenters. The van der Waals surface area contributed by atoms with E-state index in [4.69, 9.17) is 14.0 Å². The van der Waals surface area contributed by atoms with Crippen LogP contribution >= 0.6 is 0 Å². The molecule has 0 aromatic rings. The quantitative estimate of drug-likeness (QED) is 0.0358. The lowest BCUT2D eigenvalue weighted by molar-refractivity contribution is -0.150. The highest BCUT2D eigenvalue weighted by atomic mass is 32.2. The molecule has 9 heteroatoms. The average Bonchev–Trinajstić information content (AvgIpc) is 3.18. The van der Waals surface area contributed by atoms with Crippen molar-refractivity contribution in [2.75, 3.05) is 26.2 Å². The second kappa shape index (κ2) is 43.5. The predicted molar refractivity (Wildman–Crippen MR) is 239 cm³/mol. The maximum Gasteiger partial charge on any atom is 0.306 e. The monoisotopic (exact) mass is 815 g/mol. The second-order valence-electron chi connectivity index (χ2n) is 16.7. The average molecular weight is 815 g/mol. The Morgan fingerprint density at radius 1 is 0.482 bits per heavy atom. The molecule has 56 heavy (non-hydrogen) atoms. The minimum absolute atomic E-state index is 0.000530. The van der Waals surface area contributed by atoms with E-state index < -0.39 is 11.3 Å². The molecule has 0 aliphatic heterocycles. The summed E-state index contributed by atoms with van der Waals surface area (Å²) >= 11 is -1.96. The molecule has 0 aliphatic carbocycles. The molecule has 2 atom stereocenters. The molecular formula is C47H94N2O6S. The van der Waals surface area contributed by atoms with Crippen molar-refractivity contribution in [1.82, 2.24) is 9.62 Å². The van der Waals surface area contributed by atoms with Gasteiger partial charge >= 0.3 is 11.9 Å². The summed E-state index contributed by atoms with van der Waals surface area (Å²) in [6, 6.07) is 0. The number of ether oxygens (including phenoxy) is 2. The number of esters is 2. The van der Waals surface area contributed by atoms with E-state index in [-0.39, 0.29) is 24.1 Å². The fraction of sp³-hybridized carbons (Fsp3) is 0.957. The molecule has 0 bridgehead atoms. The zero-order valence-electron chi connectivity index (χ0n) is 37.6. The van der Waals surface area contributed by atoms with E-state index in [1.807, 2.05) is 0 Å². The Morgan fingerprint density at radius 2 is 0.821 bits per heavy atom. The van der Waals surface area contributed by atoms with Gasteiger partial charge < -0.3 is 14.4 Å². The van der Waals surface area contributed by atoms with E-state index in [0.717, 1.165) is 122 Å². The van der Waals surface area contributed by atoms with Crippen molar-refractivity contribution in [3.63, 3.8) is 0 Å². The van der Waals surface area contributed by atoms with Crippen molar-refractivity contribution >= 4 is 23.2 Å². The summed E-state index contributed by atoms with van der Waals surface area (Å²) in [6.07, 6.45) is 39.6. The smallest absolute Gasteiger partial charge is 0.306 e. The number of hydrogen-bond acceptors (Lipinski definition) is 6. The first kappa shape index (κ1) is 55.0. The van der Waals surface area contributed by atoms with Crippen LogP contribution < -0.4 is 4.72 Å². The Morgan fingerprint density at radius 3 is 1.23 bits per heavy atom. The fourth-order valence-corrected chi connectivity index (χ4v) is 7.94. The number of carbonyl (C=O) groups excluding carboxylic acids is 2. The van der Waals surface area contributed by atoms with E-state index in [9.17, 15) is 13.8 Å². The molecule has 0 rings (SSSR count). The van der Waals surface area contributed by atoms with Gasteiger partial charge in [0.05, 0.1) is 0 Å². The topological polar surface area (TPSA) is 105 Å². The van der Waals surface area contributed by atoms with Crippen molar-refractivity contribution < 1.29 is 27.8 Å². The van der Waals surface area contributed by atoms with Gasteiger partial charge in [-0.05, 0) is 96.7 Å². The molecule has 0 saturated heterocycles. The van der Waals surface area contributed by atoms with Gasteiger partial charge in [0, 0.05) is 19.4 Å². The number of hydrogen-bond donors (Lipinski definition) is 2. The lowest BCUT2D eigenvalue weighted by Crippen LogP contribution is -2.30. The molecule has 334 valence electrons. The summed E-state index contributed by atoms with van der Waals surface area (Å²) in [5.74, 6) is -0.0305. The zero-order valence-corrected chi connectivity index (χ0v) is 38.4. The highest BCUT2D eigenvalue weighted by molar-refractivity contribution is 7.77. The second-order valence-corrected chi connectivity index (χ2v) is 17.5. The highest BCUT2D eigenvalue weighted by Gasteiger charge is 2.15. The van der Waals surface area contributed by atoms with Crippen molar-refractivity contribution in [2.24, 2.45) is 0 Å². The fourth-order valence-electron chi connectivity index (χ4n) is 7.62. The predicted octanol–water partition coefficient (Wildman–Crippen LogP) is 13.6. The summed E-state index contributed by atoms with van der Waals surface area (Å²) in [7, 11) is 0. The molecule has 0 saturated carbocycles. The van der Waals surface area contributed by atoms with Crippen LogP contribution in [0.15, 0.2) is 0 Å². The van der Waals surface area contributed by atoms with Crippen molar-refractivity contribution in [1.29, 1.82) is 0 Å². The largest absolute Gasteiger partial charge is 0.462 e. The minimum Gasteiger partial charge on any atom is -0.462 e. The summed E-state index contributed by atoms with van der Waals surface area (Å²) < 4.78 is 34.5. The third-order valence-corrected chi connectivity index (χ3v) is 11.7. The maximum absolute atomic E-state index is 12.8. The van der Waals surface area contributed by atoms with Gasteiger partial charge in [-0.3, -0.25) is 14.1 Å². The van der Waals surface area contributed by atoms with Crippen molar-refractivity contribution in [3.8, 4) is 0 Å². The Hall–Kier alpha value is -1.03. The Balaban J connectivity index is 4.33. The lowest BCUT2D eigenvalue weighted by atomic mass is 10.0. The third kappa shape index (κ3) is 39.8. The Kier molecular flexibility index (Phi) is 42.7. The van der Waals surface area contributed by atoms with Crippen LogP contribution in [-0.4, -0.2) is 64.0 Å². The standard InChI is InChI=1S/C47H94N2O6S/c1-5-9-12-15-20-27-35-44(8-4)54-46(50)38-30-23-18-25-32-41-49(43-34-40-48-56(52)53)42-33-26-19-24-31-39-47(51)55-45(36-28-21-16-13-10-6-2)37-29-22-17-14-11-7-3/h44-45,48H,5-43H2,1-4H3,(H,52,53). The number of rotatable bonds is 45. The van der Waals surface area contributed by atoms with E-state index in [1.165, 1.54) is 109 Å². The van der Waals surface area contributed by atoms with E-state index in [2.05, 4.69) is 37.3 Å². The molecule has 0 aromatic carbocycles. The van der Waals surface area contributed by atoms with Crippen molar-refractivity contribution in [3.05, 3.63) is 0 Å². The molecule has 0 amide bonds.